The maximum absolute atomic E-state index is 11.2. The van der Waals surface area contributed by atoms with Crippen LogP contribution in [0.4, 0.5) is 0 Å². The van der Waals surface area contributed by atoms with Crippen molar-refractivity contribution in [2.24, 2.45) is 0 Å². The molecule has 1 heterocycles. The molecular weight excluding hydrogens is 170 g/mol. The zero-order chi connectivity index (χ0) is 9.68. The first-order chi connectivity index (χ1) is 6.29. The molecule has 1 rings (SSSR count). The summed E-state index contributed by atoms with van der Waals surface area (Å²) in [6.45, 7) is 8.81. The summed E-state index contributed by atoms with van der Waals surface area (Å²) in [5, 5.41) is 6.26. The van der Waals surface area contributed by atoms with Gasteiger partial charge in [-0.25, -0.2) is 11.4 Å². The van der Waals surface area contributed by atoms with Gasteiger partial charge >= 0.3 is 5.97 Å². The van der Waals surface area contributed by atoms with Gasteiger partial charge in [0.1, 0.15) is 11.3 Å². The molecule has 0 aromatic carbocycles. The van der Waals surface area contributed by atoms with E-state index in [1.54, 1.807) is 6.92 Å². The average Bonchev–Trinajstić information content (AvgIpc) is 2.54. The first-order valence-electron chi connectivity index (χ1n) is 3.82. The fraction of sp³-hybridized carbons (Fsp3) is 0.375. The van der Waals surface area contributed by atoms with Gasteiger partial charge in [0.05, 0.1) is 12.8 Å². The van der Waals surface area contributed by atoms with E-state index in [-0.39, 0.29) is 6.54 Å². The summed E-state index contributed by atoms with van der Waals surface area (Å²) in [6, 6.07) is 0. The van der Waals surface area contributed by atoms with Crippen LogP contribution >= 0.6 is 0 Å². The van der Waals surface area contributed by atoms with Crippen LogP contribution in [0.5, 0.6) is 0 Å². The number of aromatic nitrogens is 2. The number of hydrogen-bond donors (Lipinski definition) is 1. The highest BCUT2D eigenvalue weighted by Crippen LogP contribution is 2.07. The molecule has 68 valence electrons. The summed E-state index contributed by atoms with van der Waals surface area (Å²) in [5.41, 5.74) is 0.853. The Morgan fingerprint density at radius 3 is 3.23 bits per heavy atom. The van der Waals surface area contributed by atoms with Crippen LogP contribution in [-0.4, -0.2) is 22.8 Å². The number of nitrogens with one attached hydrogen (secondary N) is 1. The van der Waals surface area contributed by atoms with Crippen molar-refractivity contribution in [2.75, 3.05) is 6.61 Å². The molecule has 1 aromatic heterocycles. The number of H-pyrrole nitrogens is 1. The minimum Gasteiger partial charge on any atom is -0.462 e. The Hall–Kier alpha value is -1.83. The van der Waals surface area contributed by atoms with Crippen molar-refractivity contribution in [1.82, 2.24) is 10.2 Å². The predicted molar refractivity (Wildman–Crippen MR) is 44.9 cm³/mol. The number of hydrogen-bond acceptors (Lipinski definition) is 3. The monoisotopic (exact) mass is 179 g/mol. The summed E-state index contributed by atoms with van der Waals surface area (Å²) >= 11 is 0. The Balaban J connectivity index is 2.82. The smallest absolute Gasteiger partial charge is 0.341 e. The molecule has 5 heteroatoms. The molecule has 13 heavy (non-hydrogen) atoms. The second kappa shape index (κ2) is 4.26. The summed E-state index contributed by atoms with van der Waals surface area (Å²) in [5.74, 6) is -0.435. The van der Waals surface area contributed by atoms with Crippen LogP contribution in [0.3, 0.4) is 0 Å². The Bertz CT molecular complexity index is 337. The van der Waals surface area contributed by atoms with E-state index < -0.39 is 5.97 Å². The molecule has 1 N–H and O–H groups in total. The largest absolute Gasteiger partial charge is 0.462 e. The fourth-order valence-electron chi connectivity index (χ4n) is 0.897. The molecule has 0 aliphatic rings. The molecular formula is C8H9N3O2. The van der Waals surface area contributed by atoms with Gasteiger partial charge in [-0.15, -0.1) is 0 Å². The third-order valence-corrected chi connectivity index (χ3v) is 1.45. The van der Waals surface area contributed by atoms with Gasteiger partial charge in [0, 0.05) is 0 Å². The number of nitrogens with zero attached hydrogens (tertiary/aromatic N) is 2. The molecule has 0 fully saturated rings. The van der Waals surface area contributed by atoms with Gasteiger partial charge in [0.25, 0.3) is 6.54 Å². The lowest BCUT2D eigenvalue weighted by atomic mass is 10.2. The van der Waals surface area contributed by atoms with E-state index in [1.165, 1.54) is 6.20 Å². The summed E-state index contributed by atoms with van der Waals surface area (Å²) in [7, 11) is 0. The van der Waals surface area contributed by atoms with Crippen LogP contribution in [-0.2, 0) is 11.3 Å². The van der Waals surface area contributed by atoms with Crippen LogP contribution in [0.25, 0.3) is 4.85 Å². The normalized spacial score (nSPS) is 9.23. The molecule has 0 amide bonds. The van der Waals surface area contributed by atoms with Crippen LogP contribution in [0.15, 0.2) is 6.20 Å². The standard InChI is InChI=1S/C8H9N3O2/c1-3-13-8(12)6-4-10-11-7(6)5-9-2/h4H,3,5H2,1H3,(H,10,11). The van der Waals surface area contributed by atoms with Crippen LogP contribution < -0.4 is 0 Å². The number of rotatable bonds is 3. The zero-order valence-electron chi connectivity index (χ0n) is 7.20. The Morgan fingerprint density at radius 2 is 2.62 bits per heavy atom. The Kier molecular flexibility index (Phi) is 3.03. The molecule has 0 aliphatic heterocycles. The SMILES string of the molecule is [C-]#[N+]Cc1[nH]ncc1C(=O)OCC. The van der Waals surface area contributed by atoms with Gasteiger partial charge in [0.15, 0.2) is 0 Å². The van der Waals surface area contributed by atoms with Gasteiger partial charge in [0.2, 0.25) is 0 Å². The minimum absolute atomic E-state index is 0.119. The van der Waals surface area contributed by atoms with E-state index in [1.807, 2.05) is 0 Å². The topological polar surface area (TPSA) is 59.3 Å². The highest BCUT2D eigenvalue weighted by molar-refractivity contribution is 5.90. The van der Waals surface area contributed by atoms with Crippen molar-refractivity contribution in [3.63, 3.8) is 0 Å². The Labute approximate surface area is 75.5 Å². The van der Waals surface area contributed by atoms with E-state index >= 15 is 0 Å². The molecule has 0 unspecified atom stereocenters. The number of aromatic amines is 1. The van der Waals surface area contributed by atoms with E-state index in [2.05, 4.69) is 15.0 Å². The molecule has 0 spiro atoms. The lowest BCUT2D eigenvalue weighted by molar-refractivity contribution is 0.0525. The van der Waals surface area contributed by atoms with Crippen LogP contribution in [0.2, 0.25) is 0 Å². The molecule has 1 aromatic rings. The zero-order valence-corrected chi connectivity index (χ0v) is 7.20. The van der Waals surface area contributed by atoms with Gasteiger partial charge in [-0.3, -0.25) is 5.10 Å². The lowest BCUT2D eigenvalue weighted by Gasteiger charge is -1.98. The molecule has 0 aliphatic carbocycles. The molecule has 0 saturated carbocycles. The number of carbonyl (C=O) groups excluding carboxylic acids is 1. The highest BCUT2D eigenvalue weighted by Gasteiger charge is 2.15. The third kappa shape index (κ3) is 2.06. The van der Waals surface area contributed by atoms with Crippen molar-refractivity contribution in [2.45, 2.75) is 13.5 Å². The van der Waals surface area contributed by atoms with E-state index in [0.29, 0.717) is 17.9 Å². The van der Waals surface area contributed by atoms with Crippen LogP contribution in [0, 0.1) is 6.57 Å². The van der Waals surface area contributed by atoms with Gasteiger partial charge in [-0.2, -0.15) is 5.10 Å². The molecule has 0 radical (unpaired) electrons. The lowest BCUT2D eigenvalue weighted by Crippen LogP contribution is -2.05. The maximum Gasteiger partial charge on any atom is 0.341 e. The first-order valence-corrected chi connectivity index (χ1v) is 3.82. The van der Waals surface area contributed by atoms with E-state index in [0.717, 1.165) is 0 Å². The maximum atomic E-state index is 11.2. The summed E-state index contributed by atoms with van der Waals surface area (Å²) in [6.07, 6.45) is 1.37. The first kappa shape index (κ1) is 9.26. The summed E-state index contributed by atoms with van der Waals surface area (Å²) < 4.78 is 4.77. The molecule has 5 nitrogen and oxygen atoms in total. The highest BCUT2D eigenvalue weighted by atomic mass is 16.5. The second-order valence-electron chi connectivity index (χ2n) is 2.30. The van der Waals surface area contributed by atoms with Crippen LogP contribution in [0.1, 0.15) is 23.0 Å². The number of ether oxygens (including phenoxy) is 1. The quantitative estimate of drug-likeness (QED) is 0.556. The van der Waals surface area contributed by atoms with Gasteiger partial charge in [-0.05, 0) is 6.92 Å². The molecule has 0 saturated heterocycles. The van der Waals surface area contributed by atoms with Gasteiger partial charge < -0.3 is 9.58 Å². The van der Waals surface area contributed by atoms with Crippen molar-refractivity contribution in [1.29, 1.82) is 0 Å². The van der Waals surface area contributed by atoms with E-state index in [9.17, 15) is 4.79 Å². The fourth-order valence-corrected chi connectivity index (χ4v) is 0.897. The van der Waals surface area contributed by atoms with E-state index in [4.69, 9.17) is 11.3 Å². The average molecular weight is 179 g/mol. The predicted octanol–water partition coefficient (Wildman–Crippen LogP) is 1.01. The molecule has 0 bridgehead atoms. The Morgan fingerprint density at radius 1 is 1.85 bits per heavy atom. The van der Waals surface area contributed by atoms with Crippen molar-refractivity contribution in [3.05, 3.63) is 28.9 Å². The third-order valence-electron chi connectivity index (χ3n) is 1.45. The number of esters is 1. The van der Waals surface area contributed by atoms with Crippen molar-refractivity contribution in [3.8, 4) is 0 Å². The second-order valence-corrected chi connectivity index (χ2v) is 2.30. The number of carbonyl (C=O) groups is 1. The van der Waals surface area contributed by atoms with Crippen molar-refractivity contribution >= 4 is 5.97 Å². The van der Waals surface area contributed by atoms with Crippen molar-refractivity contribution < 1.29 is 9.53 Å². The molecule has 0 atom stereocenters. The summed E-state index contributed by atoms with van der Waals surface area (Å²) in [4.78, 5) is 14.4. The minimum atomic E-state index is -0.435. The van der Waals surface area contributed by atoms with Gasteiger partial charge in [-0.1, -0.05) is 0 Å².